The van der Waals surface area contributed by atoms with Gasteiger partial charge in [-0.15, -0.1) is 11.8 Å². The van der Waals surface area contributed by atoms with Gasteiger partial charge in [-0.3, -0.25) is 10.1 Å². The number of thioether (sulfide) groups is 1. The Morgan fingerprint density at radius 1 is 1.20 bits per heavy atom. The van der Waals surface area contributed by atoms with E-state index in [4.69, 9.17) is 28.9 Å². The molecule has 104 valence electrons. The second-order valence-corrected chi connectivity index (χ2v) is 5.86. The first-order chi connectivity index (χ1) is 9.47. The molecule has 0 aromatic heterocycles. The van der Waals surface area contributed by atoms with Crippen LogP contribution < -0.4 is 5.73 Å². The van der Waals surface area contributed by atoms with E-state index in [9.17, 15) is 10.1 Å². The number of non-ortho nitro benzene ring substituents is 1. The molecular weight excluding hydrogens is 319 g/mol. The third-order valence-electron chi connectivity index (χ3n) is 2.60. The van der Waals surface area contributed by atoms with Gasteiger partial charge in [-0.2, -0.15) is 0 Å². The van der Waals surface area contributed by atoms with E-state index in [0.717, 1.165) is 10.5 Å². The molecule has 0 atom stereocenters. The average molecular weight is 329 g/mol. The van der Waals surface area contributed by atoms with Crippen molar-refractivity contribution in [2.24, 2.45) is 0 Å². The highest BCUT2D eigenvalue weighted by Gasteiger charge is 2.10. The predicted octanol–water partition coefficient (Wildman–Crippen LogP) is 4.78. The highest BCUT2D eigenvalue weighted by atomic mass is 35.5. The fourth-order valence-electron chi connectivity index (χ4n) is 1.57. The minimum Gasteiger partial charge on any atom is -0.398 e. The Balaban J connectivity index is 2.13. The fourth-order valence-corrected chi connectivity index (χ4v) is 3.03. The first kappa shape index (κ1) is 15.0. The van der Waals surface area contributed by atoms with Gasteiger partial charge >= 0.3 is 0 Å². The summed E-state index contributed by atoms with van der Waals surface area (Å²) in [5.74, 6) is 0.572. The molecule has 0 saturated carbocycles. The summed E-state index contributed by atoms with van der Waals surface area (Å²) in [7, 11) is 0. The first-order valence-corrected chi connectivity index (χ1v) is 7.32. The molecule has 2 rings (SSSR count). The van der Waals surface area contributed by atoms with Crippen LogP contribution in [0.2, 0.25) is 10.0 Å². The van der Waals surface area contributed by atoms with Gasteiger partial charge in [0.15, 0.2) is 0 Å². The zero-order chi connectivity index (χ0) is 14.7. The van der Waals surface area contributed by atoms with E-state index in [2.05, 4.69) is 0 Å². The summed E-state index contributed by atoms with van der Waals surface area (Å²) in [5, 5.41) is 11.6. The lowest BCUT2D eigenvalue weighted by Gasteiger charge is -2.07. The largest absolute Gasteiger partial charge is 0.398 e. The van der Waals surface area contributed by atoms with Gasteiger partial charge in [0.25, 0.3) is 5.69 Å². The van der Waals surface area contributed by atoms with Crippen LogP contribution in [0, 0.1) is 10.1 Å². The van der Waals surface area contributed by atoms with Crippen molar-refractivity contribution in [3.05, 3.63) is 62.1 Å². The predicted molar refractivity (Wildman–Crippen MR) is 83.5 cm³/mol. The molecule has 0 amide bonds. The molecular formula is C13H10Cl2N2O2S. The van der Waals surface area contributed by atoms with E-state index < -0.39 is 4.92 Å². The van der Waals surface area contributed by atoms with Crippen molar-refractivity contribution in [1.82, 2.24) is 0 Å². The monoisotopic (exact) mass is 328 g/mol. The SMILES string of the molecule is Nc1cc(Cl)ccc1SCc1ccc([N+](=O)[O-])cc1Cl. The number of hydrogen-bond acceptors (Lipinski definition) is 4. The lowest BCUT2D eigenvalue weighted by Crippen LogP contribution is -1.91. The Hall–Kier alpha value is -1.43. The number of rotatable bonds is 4. The Morgan fingerprint density at radius 3 is 2.55 bits per heavy atom. The van der Waals surface area contributed by atoms with Crippen LogP contribution in [-0.4, -0.2) is 4.92 Å². The maximum Gasteiger partial charge on any atom is 0.270 e. The van der Waals surface area contributed by atoms with Gasteiger partial charge in [0.1, 0.15) is 0 Å². The molecule has 20 heavy (non-hydrogen) atoms. The molecule has 0 aliphatic carbocycles. The molecule has 0 fully saturated rings. The third-order valence-corrected chi connectivity index (χ3v) is 4.33. The highest BCUT2D eigenvalue weighted by Crippen LogP contribution is 2.33. The number of anilines is 1. The number of nitrogens with zero attached hydrogens (tertiary/aromatic N) is 1. The summed E-state index contributed by atoms with van der Waals surface area (Å²) in [5.41, 5.74) is 7.26. The van der Waals surface area contributed by atoms with Crippen molar-refractivity contribution >= 4 is 46.3 Å². The van der Waals surface area contributed by atoms with Gasteiger partial charge in [-0.1, -0.05) is 23.2 Å². The Morgan fingerprint density at radius 2 is 1.95 bits per heavy atom. The Labute approximate surface area is 130 Å². The smallest absolute Gasteiger partial charge is 0.270 e. The Kier molecular flexibility index (Phi) is 4.75. The second kappa shape index (κ2) is 6.35. The molecule has 0 unspecified atom stereocenters. The minimum atomic E-state index is -0.472. The fraction of sp³-hybridized carbons (Fsp3) is 0.0769. The molecule has 0 radical (unpaired) electrons. The van der Waals surface area contributed by atoms with Crippen LogP contribution in [-0.2, 0) is 5.75 Å². The van der Waals surface area contributed by atoms with E-state index in [1.165, 1.54) is 23.9 Å². The number of nitro groups is 1. The van der Waals surface area contributed by atoms with Gasteiger partial charge < -0.3 is 5.73 Å². The normalized spacial score (nSPS) is 10.5. The van der Waals surface area contributed by atoms with Crippen LogP contribution in [0.3, 0.4) is 0 Å². The number of nitro benzene ring substituents is 1. The van der Waals surface area contributed by atoms with Crippen molar-refractivity contribution in [1.29, 1.82) is 0 Å². The van der Waals surface area contributed by atoms with E-state index in [-0.39, 0.29) is 5.69 Å². The van der Waals surface area contributed by atoms with Crippen LogP contribution in [0.5, 0.6) is 0 Å². The maximum absolute atomic E-state index is 10.6. The summed E-state index contributed by atoms with van der Waals surface area (Å²) in [4.78, 5) is 11.1. The van der Waals surface area contributed by atoms with Gasteiger partial charge in [-0.05, 0) is 29.8 Å². The average Bonchev–Trinajstić information content (AvgIpc) is 2.38. The quantitative estimate of drug-likeness (QED) is 0.379. The van der Waals surface area contributed by atoms with Crippen molar-refractivity contribution < 1.29 is 4.92 Å². The second-order valence-electron chi connectivity index (χ2n) is 4.00. The minimum absolute atomic E-state index is 0.0187. The maximum atomic E-state index is 10.6. The molecule has 0 aliphatic rings. The van der Waals surface area contributed by atoms with E-state index in [1.54, 1.807) is 18.2 Å². The highest BCUT2D eigenvalue weighted by molar-refractivity contribution is 7.98. The molecule has 0 saturated heterocycles. The molecule has 0 aliphatic heterocycles. The summed E-state index contributed by atoms with van der Waals surface area (Å²) in [6.07, 6.45) is 0. The lowest BCUT2D eigenvalue weighted by molar-refractivity contribution is -0.384. The summed E-state index contributed by atoms with van der Waals surface area (Å²) >= 11 is 13.4. The molecule has 2 aromatic carbocycles. The summed E-state index contributed by atoms with van der Waals surface area (Å²) < 4.78 is 0. The molecule has 4 nitrogen and oxygen atoms in total. The zero-order valence-electron chi connectivity index (χ0n) is 10.2. The van der Waals surface area contributed by atoms with E-state index in [0.29, 0.717) is 21.5 Å². The van der Waals surface area contributed by atoms with E-state index >= 15 is 0 Å². The molecule has 7 heteroatoms. The van der Waals surface area contributed by atoms with Crippen LogP contribution >= 0.6 is 35.0 Å². The lowest BCUT2D eigenvalue weighted by atomic mass is 10.2. The van der Waals surface area contributed by atoms with Crippen LogP contribution in [0.1, 0.15) is 5.56 Å². The number of benzene rings is 2. The van der Waals surface area contributed by atoms with Gasteiger partial charge in [-0.25, -0.2) is 0 Å². The standard InChI is InChI=1S/C13H10Cl2N2O2S/c14-9-2-4-13(12(16)5-9)20-7-8-1-3-10(17(18)19)6-11(8)15/h1-6H,7,16H2. The van der Waals surface area contributed by atoms with Crippen molar-refractivity contribution in [3.63, 3.8) is 0 Å². The van der Waals surface area contributed by atoms with Crippen molar-refractivity contribution in [2.45, 2.75) is 10.6 Å². The number of nitrogen functional groups attached to an aromatic ring is 1. The number of halogens is 2. The Bertz CT molecular complexity index is 665. The van der Waals surface area contributed by atoms with Crippen LogP contribution in [0.15, 0.2) is 41.3 Å². The summed E-state index contributed by atoms with van der Waals surface area (Å²) in [6.45, 7) is 0. The molecule has 0 heterocycles. The first-order valence-electron chi connectivity index (χ1n) is 5.58. The van der Waals surface area contributed by atoms with Crippen molar-refractivity contribution in [3.8, 4) is 0 Å². The molecule has 0 bridgehead atoms. The molecule has 0 spiro atoms. The zero-order valence-corrected chi connectivity index (χ0v) is 12.5. The number of hydrogen-bond donors (Lipinski definition) is 1. The molecule has 2 aromatic rings. The van der Waals surface area contributed by atoms with Crippen LogP contribution in [0.25, 0.3) is 0 Å². The summed E-state index contributed by atoms with van der Waals surface area (Å²) in [6, 6.07) is 9.72. The number of nitrogens with two attached hydrogens (primary N) is 1. The van der Waals surface area contributed by atoms with Gasteiger partial charge in [0, 0.05) is 33.5 Å². The van der Waals surface area contributed by atoms with Crippen LogP contribution in [0.4, 0.5) is 11.4 Å². The van der Waals surface area contributed by atoms with Gasteiger partial charge in [0.05, 0.1) is 9.95 Å². The van der Waals surface area contributed by atoms with Gasteiger partial charge in [0.2, 0.25) is 0 Å². The third kappa shape index (κ3) is 3.56. The van der Waals surface area contributed by atoms with E-state index in [1.807, 2.05) is 6.07 Å². The molecule has 2 N–H and O–H groups in total. The van der Waals surface area contributed by atoms with Crippen molar-refractivity contribution in [2.75, 3.05) is 5.73 Å². The topological polar surface area (TPSA) is 69.2 Å².